The average molecular weight is 343 g/mol. The third-order valence-corrected chi connectivity index (χ3v) is 4.66. The molecule has 5 rings (SSSR count). The van der Waals surface area contributed by atoms with E-state index in [0.29, 0.717) is 5.65 Å². The van der Waals surface area contributed by atoms with Crippen molar-refractivity contribution in [3.63, 3.8) is 0 Å². The maximum absolute atomic E-state index is 4.57. The Morgan fingerprint density at radius 3 is 2.77 bits per heavy atom. The van der Waals surface area contributed by atoms with Crippen LogP contribution >= 0.6 is 0 Å². The molecule has 3 aromatic heterocycles. The Hall–Kier alpha value is -3.35. The molecule has 0 spiro atoms. The number of aryl methyl sites for hydroxylation is 1. The third-order valence-electron chi connectivity index (χ3n) is 4.66. The van der Waals surface area contributed by atoms with E-state index in [4.69, 9.17) is 0 Å². The van der Waals surface area contributed by atoms with Crippen LogP contribution < -0.4 is 5.32 Å². The largest absolute Gasteiger partial charge is 0.365 e. The van der Waals surface area contributed by atoms with Gasteiger partial charge in [0.1, 0.15) is 17.2 Å². The Labute approximate surface area is 150 Å². The zero-order valence-corrected chi connectivity index (χ0v) is 14.1. The van der Waals surface area contributed by atoms with Gasteiger partial charge in [0, 0.05) is 37.0 Å². The topological polar surface area (TPSA) is 81.4 Å². The predicted octanol–water partition coefficient (Wildman–Crippen LogP) is 2.71. The first-order valence-electron chi connectivity index (χ1n) is 8.68. The number of benzene rings is 1. The molecular weight excluding hydrogens is 326 g/mol. The molecule has 0 amide bonds. The molecule has 128 valence electrons. The number of rotatable bonds is 3. The normalized spacial score (nSPS) is 16.4. The molecule has 1 aliphatic heterocycles. The van der Waals surface area contributed by atoms with Gasteiger partial charge in [-0.1, -0.05) is 30.3 Å². The summed E-state index contributed by atoms with van der Waals surface area (Å²) in [4.78, 5) is 13.1. The van der Waals surface area contributed by atoms with Gasteiger partial charge in [0.2, 0.25) is 0 Å². The maximum Gasteiger partial charge on any atom is 0.180 e. The van der Waals surface area contributed by atoms with Crippen LogP contribution in [0.2, 0.25) is 0 Å². The van der Waals surface area contributed by atoms with Gasteiger partial charge in [-0.2, -0.15) is 0 Å². The minimum Gasteiger partial charge on any atom is -0.365 e. The lowest BCUT2D eigenvalue weighted by Gasteiger charge is -2.25. The van der Waals surface area contributed by atoms with Crippen LogP contribution in [0.4, 0.5) is 5.82 Å². The van der Waals surface area contributed by atoms with E-state index in [1.807, 2.05) is 30.3 Å². The molecule has 4 heterocycles. The van der Waals surface area contributed by atoms with E-state index in [0.717, 1.165) is 47.9 Å². The second-order valence-electron chi connectivity index (χ2n) is 6.39. The highest BCUT2D eigenvalue weighted by molar-refractivity contribution is 5.71. The fourth-order valence-electron chi connectivity index (χ4n) is 3.39. The SMILES string of the molecule is c1ccc(-c2nnc3n2CC(Nc2ccc4nccnc4n2)CC3)cc1. The van der Waals surface area contributed by atoms with E-state index in [1.165, 1.54) is 0 Å². The summed E-state index contributed by atoms with van der Waals surface area (Å²) in [5.74, 6) is 2.78. The highest BCUT2D eigenvalue weighted by Gasteiger charge is 2.23. The standard InChI is InChI=1S/C19H17N7/c1-2-4-13(5-3-1)19-25-24-17-9-6-14(12-26(17)19)22-16-8-7-15-18(23-16)21-11-10-20-15/h1-5,7-8,10-11,14H,6,9,12H2,(H,21,22,23). The van der Waals surface area contributed by atoms with Gasteiger partial charge >= 0.3 is 0 Å². The molecule has 1 unspecified atom stereocenters. The molecule has 1 N–H and O–H groups in total. The van der Waals surface area contributed by atoms with E-state index in [-0.39, 0.29) is 6.04 Å². The first-order valence-corrected chi connectivity index (χ1v) is 8.68. The molecule has 0 radical (unpaired) electrons. The Balaban J connectivity index is 1.40. The number of aromatic nitrogens is 6. The summed E-state index contributed by atoms with van der Waals surface area (Å²) in [5.41, 5.74) is 2.54. The highest BCUT2D eigenvalue weighted by Crippen LogP contribution is 2.24. The van der Waals surface area contributed by atoms with Crippen LogP contribution in [0.5, 0.6) is 0 Å². The zero-order chi connectivity index (χ0) is 17.3. The average Bonchev–Trinajstić information content (AvgIpc) is 3.12. The van der Waals surface area contributed by atoms with Gasteiger partial charge in [-0.3, -0.25) is 4.98 Å². The van der Waals surface area contributed by atoms with Crippen molar-refractivity contribution < 1.29 is 0 Å². The Kier molecular flexibility index (Phi) is 3.55. The highest BCUT2D eigenvalue weighted by atomic mass is 15.3. The van der Waals surface area contributed by atoms with Crippen molar-refractivity contribution in [2.24, 2.45) is 0 Å². The molecule has 0 fully saturated rings. The molecule has 0 saturated heterocycles. The smallest absolute Gasteiger partial charge is 0.180 e. The molecule has 4 aromatic rings. The van der Waals surface area contributed by atoms with Gasteiger partial charge < -0.3 is 9.88 Å². The Bertz CT molecular complexity index is 1060. The van der Waals surface area contributed by atoms with Crippen LogP contribution in [0.1, 0.15) is 12.2 Å². The molecule has 0 bridgehead atoms. The maximum atomic E-state index is 4.57. The number of hydrogen-bond acceptors (Lipinski definition) is 6. The quantitative estimate of drug-likeness (QED) is 0.616. The summed E-state index contributed by atoms with van der Waals surface area (Å²) >= 11 is 0. The van der Waals surface area contributed by atoms with Crippen LogP contribution in [-0.4, -0.2) is 35.8 Å². The van der Waals surface area contributed by atoms with Gasteiger partial charge in [0.05, 0.1) is 0 Å². The Morgan fingerprint density at radius 1 is 0.962 bits per heavy atom. The first-order chi connectivity index (χ1) is 12.9. The number of hydrogen-bond donors (Lipinski definition) is 1. The number of anilines is 1. The third kappa shape index (κ3) is 2.67. The predicted molar refractivity (Wildman–Crippen MR) is 98.5 cm³/mol. The van der Waals surface area contributed by atoms with E-state index >= 15 is 0 Å². The van der Waals surface area contributed by atoms with E-state index in [2.05, 4.69) is 47.2 Å². The molecule has 7 heteroatoms. The van der Waals surface area contributed by atoms with Crippen molar-refractivity contribution >= 4 is 17.0 Å². The van der Waals surface area contributed by atoms with Crippen molar-refractivity contribution in [1.29, 1.82) is 0 Å². The summed E-state index contributed by atoms with van der Waals surface area (Å²) < 4.78 is 2.21. The summed E-state index contributed by atoms with van der Waals surface area (Å²) in [5, 5.41) is 12.3. The second-order valence-corrected chi connectivity index (χ2v) is 6.39. The van der Waals surface area contributed by atoms with E-state index in [9.17, 15) is 0 Å². The number of nitrogens with zero attached hydrogens (tertiary/aromatic N) is 6. The van der Waals surface area contributed by atoms with Crippen molar-refractivity contribution in [2.45, 2.75) is 25.4 Å². The summed E-state index contributed by atoms with van der Waals surface area (Å²) in [6.07, 6.45) is 5.23. The molecule has 1 atom stereocenters. The monoisotopic (exact) mass is 343 g/mol. The minimum atomic E-state index is 0.266. The summed E-state index contributed by atoms with van der Waals surface area (Å²) in [6.45, 7) is 0.812. The Morgan fingerprint density at radius 2 is 1.85 bits per heavy atom. The van der Waals surface area contributed by atoms with Gasteiger partial charge in [0.25, 0.3) is 0 Å². The summed E-state index contributed by atoms with van der Waals surface area (Å²) in [7, 11) is 0. The molecular formula is C19H17N7. The van der Waals surface area contributed by atoms with Crippen LogP contribution in [0.25, 0.3) is 22.6 Å². The van der Waals surface area contributed by atoms with Gasteiger partial charge in [-0.25, -0.2) is 9.97 Å². The minimum absolute atomic E-state index is 0.266. The fraction of sp³-hybridized carbons (Fsp3) is 0.211. The number of pyridine rings is 1. The molecule has 0 saturated carbocycles. The molecule has 7 nitrogen and oxygen atoms in total. The van der Waals surface area contributed by atoms with Crippen LogP contribution in [0.15, 0.2) is 54.9 Å². The number of nitrogens with one attached hydrogen (secondary N) is 1. The van der Waals surface area contributed by atoms with Crippen molar-refractivity contribution in [3.8, 4) is 11.4 Å². The zero-order valence-electron chi connectivity index (χ0n) is 14.1. The van der Waals surface area contributed by atoms with Crippen molar-refractivity contribution in [1.82, 2.24) is 29.7 Å². The van der Waals surface area contributed by atoms with Crippen LogP contribution in [-0.2, 0) is 13.0 Å². The second kappa shape index (κ2) is 6.18. The lowest BCUT2D eigenvalue weighted by Crippen LogP contribution is -2.32. The lowest BCUT2D eigenvalue weighted by atomic mass is 10.1. The summed E-state index contributed by atoms with van der Waals surface area (Å²) in [6, 6.07) is 14.4. The number of fused-ring (bicyclic) bond motifs is 2. The van der Waals surface area contributed by atoms with Crippen LogP contribution in [0, 0.1) is 0 Å². The van der Waals surface area contributed by atoms with E-state index in [1.54, 1.807) is 12.4 Å². The van der Waals surface area contributed by atoms with Crippen LogP contribution in [0.3, 0.4) is 0 Å². The first kappa shape index (κ1) is 14.9. The molecule has 1 aromatic carbocycles. The lowest BCUT2D eigenvalue weighted by molar-refractivity contribution is 0.478. The van der Waals surface area contributed by atoms with Gasteiger partial charge in [0.15, 0.2) is 11.5 Å². The van der Waals surface area contributed by atoms with Crippen molar-refractivity contribution in [3.05, 3.63) is 60.7 Å². The van der Waals surface area contributed by atoms with Gasteiger partial charge in [-0.15, -0.1) is 10.2 Å². The molecule has 0 aliphatic carbocycles. The molecule has 1 aliphatic rings. The van der Waals surface area contributed by atoms with Gasteiger partial charge in [-0.05, 0) is 18.6 Å². The van der Waals surface area contributed by atoms with Crippen molar-refractivity contribution in [2.75, 3.05) is 5.32 Å². The van der Waals surface area contributed by atoms with E-state index < -0.39 is 0 Å². The molecule has 26 heavy (non-hydrogen) atoms. The fourth-order valence-corrected chi connectivity index (χ4v) is 3.39.